The molecule has 1 aliphatic heterocycles. The van der Waals surface area contributed by atoms with E-state index in [2.05, 4.69) is 10.00 Å². The Morgan fingerprint density at radius 3 is 2.47 bits per heavy atom. The van der Waals surface area contributed by atoms with E-state index in [0.29, 0.717) is 41.8 Å². The van der Waals surface area contributed by atoms with Crippen LogP contribution in [0.15, 0.2) is 48.5 Å². The summed E-state index contributed by atoms with van der Waals surface area (Å²) in [6.07, 6.45) is 0. The van der Waals surface area contributed by atoms with E-state index in [0.717, 1.165) is 27.2 Å². The van der Waals surface area contributed by atoms with Crippen LogP contribution in [0.2, 0.25) is 5.02 Å². The van der Waals surface area contributed by atoms with Gasteiger partial charge in [-0.05, 0) is 38.1 Å². The second-order valence-electron chi connectivity index (χ2n) is 8.29. The van der Waals surface area contributed by atoms with Gasteiger partial charge in [-0.3, -0.25) is 14.9 Å². The van der Waals surface area contributed by atoms with Crippen molar-refractivity contribution < 1.29 is 9.72 Å². The number of rotatable bonds is 4. The third-order valence-corrected chi connectivity index (χ3v) is 7.72. The first-order valence-corrected chi connectivity index (χ1v) is 12.1. The van der Waals surface area contributed by atoms with E-state index in [9.17, 15) is 14.9 Å². The number of aromatic nitrogens is 2. The molecule has 1 fully saturated rings. The van der Waals surface area contributed by atoms with Crippen LogP contribution in [-0.4, -0.2) is 51.7 Å². The molecule has 8 nitrogen and oxygen atoms in total. The van der Waals surface area contributed by atoms with E-state index in [4.69, 9.17) is 11.6 Å². The number of hydrogen-bond donors (Lipinski definition) is 0. The normalized spacial score (nSPS) is 14.1. The molecule has 2 aromatic heterocycles. The third-order valence-electron chi connectivity index (χ3n) is 6.05. The van der Waals surface area contributed by atoms with Gasteiger partial charge in [-0.2, -0.15) is 5.10 Å². The van der Waals surface area contributed by atoms with Crippen LogP contribution in [0.1, 0.15) is 21.1 Å². The van der Waals surface area contributed by atoms with Crippen LogP contribution in [0, 0.1) is 24.0 Å². The number of nitro groups is 1. The molecular formula is C24H22ClN5O3S. The maximum atomic E-state index is 13.2. The lowest BCUT2D eigenvalue weighted by molar-refractivity contribution is -0.384. The highest BCUT2D eigenvalue weighted by Gasteiger charge is 2.27. The second-order valence-corrected chi connectivity index (χ2v) is 9.72. The van der Waals surface area contributed by atoms with Crippen molar-refractivity contribution in [1.82, 2.24) is 14.7 Å². The fourth-order valence-electron chi connectivity index (χ4n) is 4.37. The maximum absolute atomic E-state index is 13.2. The molecule has 0 bridgehead atoms. The third kappa shape index (κ3) is 3.91. The van der Waals surface area contributed by atoms with Gasteiger partial charge in [-0.25, -0.2) is 4.68 Å². The Hall–Kier alpha value is -3.43. The van der Waals surface area contributed by atoms with E-state index in [-0.39, 0.29) is 16.5 Å². The topological polar surface area (TPSA) is 84.5 Å². The number of piperazine rings is 1. The van der Waals surface area contributed by atoms with Gasteiger partial charge in [0.15, 0.2) is 0 Å². The van der Waals surface area contributed by atoms with Crippen molar-refractivity contribution in [3.8, 4) is 5.69 Å². The van der Waals surface area contributed by atoms with Crippen molar-refractivity contribution in [2.45, 2.75) is 13.8 Å². The molecule has 0 spiro atoms. The smallest absolute Gasteiger partial charge is 0.295 e. The van der Waals surface area contributed by atoms with Crippen molar-refractivity contribution in [3.05, 3.63) is 79.9 Å². The van der Waals surface area contributed by atoms with Crippen LogP contribution in [0.3, 0.4) is 0 Å². The Kier molecular flexibility index (Phi) is 5.75. The van der Waals surface area contributed by atoms with Crippen molar-refractivity contribution in [1.29, 1.82) is 0 Å². The molecule has 1 amide bonds. The molecule has 174 valence electrons. The van der Waals surface area contributed by atoms with Gasteiger partial charge in [0.25, 0.3) is 11.6 Å². The van der Waals surface area contributed by atoms with Crippen molar-refractivity contribution in [2.24, 2.45) is 0 Å². The van der Waals surface area contributed by atoms with Gasteiger partial charge >= 0.3 is 0 Å². The number of halogens is 1. The second kappa shape index (κ2) is 8.73. The molecule has 0 radical (unpaired) electrons. The van der Waals surface area contributed by atoms with E-state index in [1.165, 1.54) is 17.4 Å². The maximum Gasteiger partial charge on any atom is 0.295 e. The molecular weight excluding hydrogens is 474 g/mol. The molecule has 5 rings (SSSR count). The highest BCUT2D eigenvalue weighted by atomic mass is 35.5. The largest absolute Gasteiger partial charge is 0.368 e. The molecule has 1 saturated heterocycles. The van der Waals surface area contributed by atoms with E-state index >= 15 is 0 Å². The summed E-state index contributed by atoms with van der Waals surface area (Å²) in [4.78, 5) is 29.0. The van der Waals surface area contributed by atoms with Crippen molar-refractivity contribution in [3.63, 3.8) is 0 Å². The zero-order valence-corrected chi connectivity index (χ0v) is 20.3. The number of thiophene rings is 1. The Morgan fingerprint density at radius 2 is 1.82 bits per heavy atom. The predicted molar refractivity (Wildman–Crippen MR) is 135 cm³/mol. The molecule has 10 heteroatoms. The number of hydrogen-bond acceptors (Lipinski definition) is 6. The first-order valence-electron chi connectivity index (χ1n) is 10.9. The molecule has 1 aliphatic rings. The van der Waals surface area contributed by atoms with Gasteiger partial charge in [0, 0.05) is 53.7 Å². The van der Waals surface area contributed by atoms with Gasteiger partial charge in [0.1, 0.15) is 10.6 Å². The minimum atomic E-state index is -0.388. The van der Waals surface area contributed by atoms with Gasteiger partial charge in [-0.15, -0.1) is 11.3 Å². The Bertz CT molecular complexity index is 1420. The fraction of sp³-hybridized carbons (Fsp3) is 0.250. The Labute approximate surface area is 205 Å². The standard InChI is InChI=1S/C24H22ClN5O3S/c1-15-13-16(2)29(26-15)20-14-17(7-8-19(20)30(32)33)27-9-11-28(12-10-27)24(31)23-22(25)18-5-3-4-6-21(18)34-23/h3-8,13-14H,9-12H2,1-2H3. The molecule has 0 N–H and O–H groups in total. The Balaban J connectivity index is 1.37. The zero-order valence-electron chi connectivity index (χ0n) is 18.7. The number of nitrogens with zero attached hydrogens (tertiary/aromatic N) is 5. The number of anilines is 1. The molecule has 0 unspecified atom stereocenters. The van der Waals surface area contributed by atoms with Crippen LogP contribution in [-0.2, 0) is 0 Å². The summed E-state index contributed by atoms with van der Waals surface area (Å²) in [5, 5.41) is 17.5. The molecule has 0 atom stereocenters. The van der Waals surface area contributed by atoms with Gasteiger partial charge in [0.05, 0.1) is 15.6 Å². The highest BCUT2D eigenvalue weighted by Crippen LogP contribution is 2.36. The predicted octanol–water partition coefficient (Wildman–Crippen LogP) is 5.23. The monoisotopic (exact) mass is 495 g/mol. The molecule has 34 heavy (non-hydrogen) atoms. The fourth-order valence-corrected chi connectivity index (χ4v) is 5.85. The summed E-state index contributed by atoms with van der Waals surface area (Å²) < 4.78 is 2.61. The van der Waals surface area contributed by atoms with E-state index < -0.39 is 0 Å². The van der Waals surface area contributed by atoms with E-state index in [1.54, 1.807) is 16.8 Å². The molecule has 0 saturated carbocycles. The number of benzene rings is 2. The van der Waals surface area contributed by atoms with Gasteiger partial charge in [0.2, 0.25) is 0 Å². The van der Waals surface area contributed by atoms with Crippen molar-refractivity contribution in [2.75, 3.05) is 31.1 Å². The average molecular weight is 496 g/mol. The lowest BCUT2D eigenvalue weighted by Gasteiger charge is -2.36. The summed E-state index contributed by atoms with van der Waals surface area (Å²) in [6.45, 7) is 6.04. The number of carbonyl (C=O) groups is 1. The summed E-state index contributed by atoms with van der Waals surface area (Å²) in [6, 6.07) is 14.7. The molecule has 4 aromatic rings. The zero-order chi connectivity index (χ0) is 24.0. The minimum Gasteiger partial charge on any atom is -0.368 e. The average Bonchev–Trinajstić information content (AvgIpc) is 3.36. The molecule has 3 heterocycles. The summed E-state index contributed by atoms with van der Waals surface area (Å²) in [7, 11) is 0. The molecule has 0 aliphatic carbocycles. The number of fused-ring (bicyclic) bond motifs is 1. The van der Waals surface area contributed by atoms with Crippen molar-refractivity contribution >= 4 is 50.3 Å². The minimum absolute atomic E-state index is 0.00293. The molecule has 2 aromatic carbocycles. The van der Waals surface area contributed by atoms with Crippen LogP contribution < -0.4 is 4.90 Å². The van der Waals surface area contributed by atoms with Crippen LogP contribution in [0.5, 0.6) is 0 Å². The lowest BCUT2D eigenvalue weighted by Crippen LogP contribution is -2.48. The Morgan fingerprint density at radius 1 is 1.09 bits per heavy atom. The number of aryl methyl sites for hydroxylation is 2. The van der Waals surface area contributed by atoms with Crippen LogP contribution in [0.25, 0.3) is 15.8 Å². The van der Waals surface area contributed by atoms with Gasteiger partial charge in [-0.1, -0.05) is 29.8 Å². The SMILES string of the molecule is Cc1cc(C)n(-c2cc(N3CCN(C(=O)c4sc5ccccc5c4Cl)CC3)ccc2[N+](=O)[O-])n1. The van der Waals surface area contributed by atoms with Crippen LogP contribution in [0.4, 0.5) is 11.4 Å². The lowest BCUT2D eigenvalue weighted by atomic mass is 10.2. The summed E-state index contributed by atoms with van der Waals surface area (Å²) in [5.74, 6) is -0.0575. The first kappa shape index (κ1) is 22.4. The van der Waals surface area contributed by atoms with Gasteiger partial charge < -0.3 is 9.80 Å². The summed E-state index contributed by atoms with van der Waals surface area (Å²) >= 11 is 7.94. The summed E-state index contributed by atoms with van der Waals surface area (Å²) in [5.41, 5.74) is 2.92. The number of nitro benzene ring substituents is 1. The van der Waals surface area contributed by atoms with E-state index in [1.807, 2.05) is 49.1 Å². The van der Waals surface area contributed by atoms with Crippen LogP contribution >= 0.6 is 22.9 Å². The first-order chi connectivity index (χ1) is 16.3. The number of carbonyl (C=O) groups excluding carboxylic acids is 1. The highest BCUT2D eigenvalue weighted by molar-refractivity contribution is 7.21. The number of amides is 1. The quantitative estimate of drug-likeness (QED) is 0.286.